The summed E-state index contributed by atoms with van der Waals surface area (Å²) >= 11 is 3.65. The molecule has 2 rings (SSSR count). The third kappa shape index (κ3) is 3.66. The highest BCUT2D eigenvalue weighted by Crippen LogP contribution is 2.26. The van der Waals surface area contributed by atoms with E-state index in [9.17, 15) is 9.90 Å². The fourth-order valence-corrected chi connectivity index (χ4v) is 3.22. The minimum absolute atomic E-state index is 0.0541. The number of amides is 1. The maximum atomic E-state index is 12.3. The number of rotatable bonds is 3. The average molecular weight is 342 g/mol. The van der Waals surface area contributed by atoms with E-state index >= 15 is 0 Å². The molecular weight excluding hydrogens is 322 g/mol. The summed E-state index contributed by atoms with van der Waals surface area (Å²) in [5.74, 6) is 0.245. The van der Waals surface area contributed by atoms with Crippen LogP contribution >= 0.6 is 15.9 Å². The number of aromatic hydroxyl groups is 1. The molecule has 0 aromatic heterocycles. The largest absolute Gasteiger partial charge is 0.507 e. The molecule has 0 radical (unpaired) electrons. The Labute approximate surface area is 127 Å². The Bertz CT molecular complexity index is 478. The summed E-state index contributed by atoms with van der Waals surface area (Å²) in [6.45, 7) is 0. The van der Waals surface area contributed by atoms with Crippen LogP contribution in [0, 0.1) is 0 Å². The number of halogens is 1. The lowest BCUT2D eigenvalue weighted by Crippen LogP contribution is -2.40. The highest BCUT2D eigenvalue weighted by molar-refractivity contribution is 9.09. The van der Waals surface area contributed by atoms with Crippen LogP contribution in [0.5, 0.6) is 11.5 Å². The fraction of sp³-hybridized carbons (Fsp3) is 0.533. The van der Waals surface area contributed by atoms with Crippen LogP contribution in [0.1, 0.15) is 42.5 Å². The zero-order valence-corrected chi connectivity index (χ0v) is 13.1. The Kier molecular flexibility index (Phi) is 5.29. The molecule has 0 heterocycles. The number of hydrogen-bond donors (Lipinski definition) is 2. The van der Waals surface area contributed by atoms with Crippen molar-refractivity contribution >= 4 is 21.8 Å². The lowest BCUT2D eigenvalue weighted by molar-refractivity contribution is 0.0932. The number of carbonyl (C=O) groups excluding carboxylic acids is 1. The molecule has 1 fully saturated rings. The van der Waals surface area contributed by atoms with E-state index in [0.717, 1.165) is 19.3 Å². The molecule has 4 nitrogen and oxygen atoms in total. The highest BCUT2D eigenvalue weighted by atomic mass is 79.9. The second-order valence-electron chi connectivity index (χ2n) is 5.12. The summed E-state index contributed by atoms with van der Waals surface area (Å²) in [4.78, 5) is 12.6. The normalized spacial score (nSPS) is 22.9. The Morgan fingerprint density at radius 2 is 2.10 bits per heavy atom. The minimum Gasteiger partial charge on any atom is -0.507 e. The first-order chi connectivity index (χ1) is 9.61. The van der Waals surface area contributed by atoms with Crippen molar-refractivity contribution in [3.05, 3.63) is 23.8 Å². The van der Waals surface area contributed by atoms with Gasteiger partial charge in [0.15, 0.2) is 0 Å². The van der Waals surface area contributed by atoms with Gasteiger partial charge in [0.1, 0.15) is 11.5 Å². The maximum absolute atomic E-state index is 12.3. The van der Waals surface area contributed by atoms with Crippen molar-refractivity contribution in [2.24, 2.45) is 0 Å². The van der Waals surface area contributed by atoms with E-state index in [1.165, 1.54) is 26.0 Å². The molecule has 20 heavy (non-hydrogen) atoms. The fourth-order valence-electron chi connectivity index (χ4n) is 2.50. The third-order valence-electron chi connectivity index (χ3n) is 3.70. The molecule has 2 atom stereocenters. The smallest absolute Gasteiger partial charge is 0.255 e. The van der Waals surface area contributed by atoms with Gasteiger partial charge in [0, 0.05) is 16.9 Å². The van der Waals surface area contributed by atoms with Gasteiger partial charge in [-0.25, -0.2) is 0 Å². The van der Waals surface area contributed by atoms with Crippen LogP contribution in [0.3, 0.4) is 0 Å². The van der Waals surface area contributed by atoms with Gasteiger partial charge in [0.2, 0.25) is 0 Å². The number of phenolic OH excluding ortho intramolecular Hbond substituents is 1. The molecule has 1 aromatic carbocycles. The van der Waals surface area contributed by atoms with E-state index in [0.29, 0.717) is 10.6 Å². The lowest BCUT2D eigenvalue weighted by Gasteiger charge is -2.21. The van der Waals surface area contributed by atoms with E-state index in [4.69, 9.17) is 4.74 Å². The number of benzene rings is 1. The first-order valence-corrected chi connectivity index (χ1v) is 7.85. The molecule has 110 valence electrons. The van der Waals surface area contributed by atoms with Gasteiger partial charge < -0.3 is 15.2 Å². The van der Waals surface area contributed by atoms with E-state index in [1.54, 1.807) is 12.1 Å². The van der Waals surface area contributed by atoms with Crippen LogP contribution in [0.4, 0.5) is 0 Å². The number of nitrogens with one attached hydrogen (secondary N) is 1. The Morgan fingerprint density at radius 3 is 2.80 bits per heavy atom. The number of ether oxygens (including phenoxy) is 1. The van der Waals surface area contributed by atoms with Crippen LogP contribution in [-0.4, -0.2) is 29.0 Å². The third-order valence-corrected chi connectivity index (χ3v) is 4.79. The van der Waals surface area contributed by atoms with E-state index in [1.807, 2.05) is 0 Å². The molecule has 0 saturated heterocycles. The van der Waals surface area contributed by atoms with Crippen LogP contribution in [0.25, 0.3) is 0 Å². The van der Waals surface area contributed by atoms with Crippen molar-refractivity contribution in [2.45, 2.75) is 43.0 Å². The Balaban J connectivity index is 2.07. The highest BCUT2D eigenvalue weighted by Gasteiger charge is 2.24. The van der Waals surface area contributed by atoms with Gasteiger partial charge in [-0.05, 0) is 25.0 Å². The molecule has 1 saturated carbocycles. The second-order valence-corrected chi connectivity index (χ2v) is 6.29. The molecule has 1 amide bonds. The van der Waals surface area contributed by atoms with Crippen molar-refractivity contribution in [2.75, 3.05) is 7.11 Å². The van der Waals surface area contributed by atoms with Crippen molar-refractivity contribution in [3.63, 3.8) is 0 Å². The SMILES string of the molecule is COc1ccc(C(=O)NC2CCCCCC2Br)c(O)c1. The number of phenols is 1. The number of methoxy groups -OCH3 is 1. The van der Waals surface area contributed by atoms with Gasteiger partial charge in [-0.1, -0.05) is 35.2 Å². The zero-order chi connectivity index (χ0) is 14.5. The van der Waals surface area contributed by atoms with Crippen molar-refractivity contribution < 1.29 is 14.6 Å². The van der Waals surface area contributed by atoms with Gasteiger partial charge in [0.25, 0.3) is 5.91 Å². The predicted molar refractivity (Wildman–Crippen MR) is 81.7 cm³/mol. The van der Waals surface area contributed by atoms with E-state index in [2.05, 4.69) is 21.2 Å². The lowest BCUT2D eigenvalue weighted by atomic mass is 10.1. The summed E-state index contributed by atoms with van der Waals surface area (Å²) in [6.07, 6.45) is 5.57. The van der Waals surface area contributed by atoms with Crippen molar-refractivity contribution in [1.82, 2.24) is 5.32 Å². The molecule has 1 aliphatic carbocycles. The molecule has 2 unspecified atom stereocenters. The van der Waals surface area contributed by atoms with Crippen LogP contribution in [0.2, 0.25) is 0 Å². The molecule has 0 spiro atoms. The zero-order valence-electron chi connectivity index (χ0n) is 11.6. The Hall–Kier alpha value is -1.23. The van der Waals surface area contributed by atoms with Crippen LogP contribution in [0.15, 0.2) is 18.2 Å². The monoisotopic (exact) mass is 341 g/mol. The maximum Gasteiger partial charge on any atom is 0.255 e. The van der Waals surface area contributed by atoms with E-state index < -0.39 is 0 Å². The van der Waals surface area contributed by atoms with Crippen molar-refractivity contribution in [1.29, 1.82) is 0 Å². The molecule has 2 N–H and O–H groups in total. The molecule has 1 aromatic rings. The predicted octanol–water partition coefficient (Wildman–Crippen LogP) is 3.23. The van der Waals surface area contributed by atoms with Gasteiger partial charge in [0.05, 0.1) is 12.7 Å². The molecule has 0 aliphatic heterocycles. The molecule has 1 aliphatic rings. The second kappa shape index (κ2) is 6.97. The average Bonchev–Trinajstić information content (AvgIpc) is 2.64. The quantitative estimate of drug-likeness (QED) is 0.655. The van der Waals surface area contributed by atoms with Crippen LogP contribution < -0.4 is 10.1 Å². The Morgan fingerprint density at radius 1 is 1.35 bits per heavy atom. The van der Waals surface area contributed by atoms with Gasteiger partial charge in [-0.3, -0.25) is 4.79 Å². The van der Waals surface area contributed by atoms with E-state index in [-0.39, 0.29) is 23.3 Å². The number of alkyl halides is 1. The molecular formula is C15H20BrNO3. The summed E-state index contributed by atoms with van der Waals surface area (Å²) in [6, 6.07) is 4.83. The number of carbonyl (C=O) groups is 1. The van der Waals surface area contributed by atoms with Gasteiger partial charge in [-0.2, -0.15) is 0 Å². The summed E-state index contributed by atoms with van der Waals surface area (Å²) in [5.41, 5.74) is 0.287. The van der Waals surface area contributed by atoms with Gasteiger partial charge >= 0.3 is 0 Å². The topological polar surface area (TPSA) is 58.6 Å². The standard InChI is InChI=1S/C15H20BrNO3/c1-20-10-7-8-11(14(18)9-10)15(19)17-13-6-4-2-3-5-12(13)16/h7-9,12-13,18H,2-6H2,1H3,(H,17,19). The van der Waals surface area contributed by atoms with Gasteiger partial charge in [-0.15, -0.1) is 0 Å². The summed E-state index contributed by atoms with van der Waals surface area (Å²) < 4.78 is 5.01. The summed E-state index contributed by atoms with van der Waals surface area (Å²) in [7, 11) is 1.52. The summed E-state index contributed by atoms with van der Waals surface area (Å²) in [5, 5.41) is 12.9. The first kappa shape index (κ1) is 15.2. The molecule has 0 bridgehead atoms. The van der Waals surface area contributed by atoms with Crippen molar-refractivity contribution in [3.8, 4) is 11.5 Å². The molecule has 5 heteroatoms. The first-order valence-electron chi connectivity index (χ1n) is 6.93. The van der Waals surface area contributed by atoms with Crippen LogP contribution in [-0.2, 0) is 0 Å². The minimum atomic E-state index is -0.235. The number of hydrogen-bond acceptors (Lipinski definition) is 3.